The van der Waals surface area contributed by atoms with Crippen LogP contribution in [0, 0.1) is 6.92 Å². The average molecular weight is 269 g/mol. The quantitative estimate of drug-likeness (QED) is 0.820. The third kappa shape index (κ3) is 1.79. The first-order chi connectivity index (χ1) is 7.13. The molecule has 0 saturated heterocycles. The van der Waals surface area contributed by atoms with Crippen molar-refractivity contribution in [1.29, 1.82) is 0 Å². The van der Waals surface area contributed by atoms with Crippen LogP contribution in [0.5, 0.6) is 0 Å². The molecule has 1 aliphatic rings. The molecular formula is C11H13BrN2O. The lowest BCUT2D eigenvalue weighted by molar-refractivity contribution is -0.116. The Balaban J connectivity index is 2.57. The summed E-state index contributed by atoms with van der Waals surface area (Å²) in [6, 6.07) is 3.93. The number of rotatable bonds is 1. The van der Waals surface area contributed by atoms with Crippen LogP contribution in [-0.2, 0) is 4.79 Å². The first-order valence-electron chi connectivity index (χ1n) is 4.92. The van der Waals surface area contributed by atoms with Gasteiger partial charge < -0.3 is 11.1 Å². The molecule has 3 nitrogen and oxygen atoms in total. The Labute approximate surface area is 97.2 Å². The van der Waals surface area contributed by atoms with Crippen LogP contribution in [0.15, 0.2) is 16.6 Å². The second-order valence-electron chi connectivity index (χ2n) is 3.84. The molecule has 80 valence electrons. The minimum Gasteiger partial charge on any atom is -0.330 e. The smallest absolute Gasteiger partial charge is 0.225 e. The highest BCUT2D eigenvalue weighted by molar-refractivity contribution is 9.10. The van der Waals surface area contributed by atoms with Crippen molar-refractivity contribution in [1.82, 2.24) is 0 Å². The number of anilines is 1. The predicted octanol–water partition coefficient (Wildman–Crippen LogP) is 2.14. The van der Waals surface area contributed by atoms with Crippen molar-refractivity contribution in [2.75, 3.05) is 11.9 Å². The van der Waals surface area contributed by atoms with Gasteiger partial charge in [-0.1, -0.05) is 22.0 Å². The van der Waals surface area contributed by atoms with Gasteiger partial charge >= 0.3 is 0 Å². The van der Waals surface area contributed by atoms with Gasteiger partial charge in [0.25, 0.3) is 0 Å². The number of amides is 1. The molecule has 3 N–H and O–H groups in total. The summed E-state index contributed by atoms with van der Waals surface area (Å²) in [5, 5.41) is 2.87. The van der Waals surface area contributed by atoms with Gasteiger partial charge in [0.15, 0.2) is 0 Å². The van der Waals surface area contributed by atoms with E-state index in [0.29, 0.717) is 13.0 Å². The third-order valence-corrected chi connectivity index (χ3v) is 3.82. The van der Waals surface area contributed by atoms with Gasteiger partial charge in [-0.3, -0.25) is 4.79 Å². The van der Waals surface area contributed by atoms with Crippen LogP contribution in [0.1, 0.15) is 23.5 Å². The van der Waals surface area contributed by atoms with Crippen molar-refractivity contribution in [3.05, 3.63) is 27.7 Å². The van der Waals surface area contributed by atoms with Crippen molar-refractivity contribution in [3.63, 3.8) is 0 Å². The van der Waals surface area contributed by atoms with Crippen molar-refractivity contribution in [3.8, 4) is 0 Å². The molecule has 4 heteroatoms. The molecule has 15 heavy (non-hydrogen) atoms. The predicted molar refractivity (Wildman–Crippen MR) is 63.9 cm³/mol. The van der Waals surface area contributed by atoms with E-state index in [1.165, 1.54) is 5.56 Å². The van der Waals surface area contributed by atoms with E-state index in [9.17, 15) is 4.79 Å². The first-order valence-corrected chi connectivity index (χ1v) is 5.71. The van der Waals surface area contributed by atoms with Crippen LogP contribution in [0.4, 0.5) is 5.69 Å². The van der Waals surface area contributed by atoms with E-state index in [2.05, 4.69) is 21.2 Å². The SMILES string of the molecule is Cc1ccc2c(c1Br)C(CN)CC(=O)N2. The molecule has 0 aliphatic carbocycles. The van der Waals surface area contributed by atoms with Crippen LogP contribution in [0.2, 0.25) is 0 Å². The van der Waals surface area contributed by atoms with E-state index in [-0.39, 0.29) is 11.8 Å². The molecule has 0 spiro atoms. The third-order valence-electron chi connectivity index (χ3n) is 2.77. The van der Waals surface area contributed by atoms with Crippen LogP contribution in [-0.4, -0.2) is 12.5 Å². The second-order valence-corrected chi connectivity index (χ2v) is 4.64. The summed E-state index contributed by atoms with van der Waals surface area (Å²) in [4.78, 5) is 11.4. The zero-order valence-electron chi connectivity index (χ0n) is 8.51. The summed E-state index contributed by atoms with van der Waals surface area (Å²) in [5.41, 5.74) is 8.89. The maximum absolute atomic E-state index is 11.4. The summed E-state index contributed by atoms with van der Waals surface area (Å²) in [7, 11) is 0. The van der Waals surface area contributed by atoms with E-state index >= 15 is 0 Å². The Morgan fingerprint density at radius 3 is 3.00 bits per heavy atom. The van der Waals surface area contributed by atoms with Crippen LogP contribution >= 0.6 is 15.9 Å². The average Bonchev–Trinajstić information content (AvgIpc) is 2.22. The summed E-state index contributed by atoms with van der Waals surface area (Å²) < 4.78 is 1.07. The summed E-state index contributed by atoms with van der Waals surface area (Å²) in [5.74, 6) is 0.178. The molecule has 0 fully saturated rings. The Hall–Kier alpha value is -0.870. The first kappa shape index (κ1) is 10.6. The molecule has 0 saturated carbocycles. The van der Waals surface area contributed by atoms with Gasteiger partial charge in [0.1, 0.15) is 0 Å². The molecule has 1 heterocycles. The molecule has 0 bridgehead atoms. The Bertz CT molecular complexity index is 417. The summed E-state index contributed by atoms with van der Waals surface area (Å²) in [6.45, 7) is 2.54. The van der Waals surface area contributed by atoms with Crippen LogP contribution in [0.3, 0.4) is 0 Å². The largest absolute Gasteiger partial charge is 0.330 e. The van der Waals surface area contributed by atoms with Crippen molar-refractivity contribution >= 4 is 27.5 Å². The lowest BCUT2D eigenvalue weighted by Gasteiger charge is -2.26. The van der Waals surface area contributed by atoms with Crippen LogP contribution < -0.4 is 11.1 Å². The van der Waals surface area contributed by atoms with E-state index in [4.69, 9.17) is 5.73 Å². The normalized spacial score (nSPS) is 19.7. The number of carbonyl (C=O) groups is 1. The summed E-state index contributed by atoms with van der Waals surface area (Å²) in [6.07, 6.45) is 0.478. The number of hydrogen-bond acceptors (Lipinski definition) is 2. The van der Waals surface area contributed by atoms with Gasteiger partial charge in [0.05, 0.1) is 0 Å². The minimum absolute atomic E-state index is 0.0497. The van der Waals surface area contributed by atoms with Gasteiger partial charge in [-0.15, -0.1) is 0 Å². The fourth-order valence-corrected chi connectivity index (χ4v) is 2.61. The van der Waals surface area contributed by atoms with E-state index < -0.39 is 0 Å². The highest BCUT2D eigenvalue weighted by Crippen LogP contribution is 2.38. The Morgan fingerprint density at radius 1 is 1.60 bits per heavy atom. The lowest BCUT2D eigenvalue weighted by Crippen LogP contribution is -2.27. The van der Waals surface area contributed by atoms with Gasteiger partial charge in [-0.2, -0.15) is 0 Å². The zero-order valence-corrected chi connectivity index (χ0v) is 10.1. The number of nitrogens with one attached hydrogen (secondary N) is 1. The van der Waals surface area contributed by atoms with Gasteiger partial charge in [0.2, 0.25) is 5.91 Å². The van der Waals surface area contributed by atoms with Crippen molar-refractivity contribution in [2.45, 2.75) is 19.3 Å². The zero-order chi connectivity index (χ0) is 11.0. The van der Waals surface area contributed by atoms with Crippen molar-refractivity contribution < 1.29 is 4.79 Å². The van der Waals surface area contributed by atoms with Crippen molar-refractivity contribution in [2.24, 2.45) is 5.73 Å². The highest BCUT2D eigenvalue weighted by atomic mass is 79.9. The fourth-order valence-electron chi connectivity index (χ4n) is 1.94. The highest BCUT2D eigenvalue weighted by Gasteiger charge is 2.26. The summed E-state index contributed by atoms with van der Waals surface area (Å²) >= 11 is 3.56. The number of halogens is 1. The lowest BCUT2D eigenvalue weighted by atomic mass is 9.89. The second kappa shape index (κ2) is 3.94. The maximum atomic E-state index is 11.4. The number of benzene rings is 1. The molecule has 1 aliphatic heterocycles. The van der Waals surface area contributed by atoms with Gasteiger partial charge in [-0.05, 0) is 30.7 Å². The molecule has 1 atom stereocenters. The number of nitrogens with two attached hydrogens (primary N) is 1. The molecular weight excluding hydrogens is 256 g/mol. The van der Waals surface area contributed by atoms with E-state index in [0.717, 1.165) is 15.7 Å². The van der Waals surface area contributed by atoms with E-state index in [1.54, 1.807) is 0 Å². The standard InChI is InChI=1S/C11H13BrN2O/c1-6-2-3-8-10(11(6)12)7(5-13)4-9(15)14-8/h2-3,7H,4-5,13H2,1H3,(H,14,15). The Morgan fingerprint density at radius 2 is 2.33 bits per heavy atom. The fraction of sp³-hybridized carbons (Fsp3) is 0.364. The molecule has 1 aromatic rings. The van der Waals surface area contributed by atoms with Gasteiger partial charge in [0, 0.05) is 22.5 Å². The molecule has 1 amide bonds. The number of aryl methyl sites for hydroxylation is 1. The Kier molecular flexibility index (Phi) is 2.80. The molecule has 2 rings (SSSR count). The topological polar surface area (TPSA) is 55.1 Å². The minimum atomic E-state index is 0.0497. The number of hydrogen-bond donors (Lipinski definition) is 2. The molecule has 1 aromatic carbocycles. The molecule has 0 aromatic heterocycles. The van der Waals surface area contributed by atoms with Crippen LogP contribution in [0.25, 0.3) is 0 Å². The maximum Gasteiger partial charge on any atom is 0.225 e. The molecule has 1 unspecified atom stereocenters. The molecule has 0 radical (unpaired) electrons. The number of carbonyl (C=O) groups excluding carboxylic acids is 1. The van der Waals surface area contributed by atoms with Gasteiger partial charge in [-0.25, -0.2) is 0 Å². The van der Waals surface area contributed by atoms with E-state index in [1.807, 2.05) is 19.1 Å². The monoisotopic (exact) mass is 268 g/mol. The number of fused-ring (bicyclic) bond motifs is 1.